The molecule has 0 saturated heterocycles. The fourth-order valence-corrected chi connectivity index (χ4v) is 2.48. The highest BCUT2D eigenvalue weighted by molar-refractivity contribution is 7.13. The highest BCUT2D eigenvalue weighted by Crippen LogP contribution is 2.35. The van der Waals surface area contributed by atoms with E-state index in [-0.39, 0.29) is 6.79 Å². The second-order valence-corrected chi connectivity index (χ2v) is 4.60. The topological polar surface area (TPSA) is 43.4 Å². The van der Waals surface area contributed by atoms with Gasteiger partial charge in [-0.1, -0.05) is 0 Å². The smallest absolute Gasteiger partial charge is 0.231 e. The van der Waals surface area contributed by atoms with Crippen molar-refractivity contribution in [3.05, 3.63) is 29.3 Å². The Labute approximate surface area is 107 Å². The number of halogens is 1. The summed E-state index contributed by atoms with van der Waals surface area (Å²) in [4.78, 5) is 4.32. The summed E-state index contributed by atoms with van der Waals surface area (Å²) in [6, 6.07) is 5.69. The van der Waals surface area contributed by atoms with Gasteiger partial charge in [-0.2, -0.15) is 0 Å². The Morgan fingerprint density at radius 2 is 2.24 bits per heavy atom. The van der Waals surface area contributed by atoms with Crippen LogP contribution < -0.4 is 14.8 Å². The van der Waals surface area contributed by atoms with Crippen molar-refractivity contribution in [1.82, 2.24) is 4.98 Å². The van der Waals surface area contributed by atoms with Gasteiger partial charge in [-0.05, 0) is 12.1 Å². The molecule has 88 valence electrons. The second-order valence-electron chi connectivity index (χ2n) is 3.47. The van der Waals surface area contributed by atoms with Gasteiger partial charge in [-0.25, -0.2) is 4.98 Å². The van der Waals surface area contributed by atoms with Crippen molar-refractivity contribution in [2.45, 2.75) is 5.88 Å². The molecular weight excluding hydrogens is 260 g/mol. The van der Waals surface area contributed by atoms with Crippen molar-refractivity contribution in [3.63, 3.8) is 0 Å². The van der Waals surface area contributed by atoms with Crippen LogP contribution in [-0.2, 0) is 5.88 Å². The maximum absolute atomic E-state index is 5.70. The zero-order chi connectivity index (χ0) is 11.7. The molecule has 6 heteroatoms. The molecule has 0 unspecified atom stereocenters. The summed E-state index contributed by atoms with van der Waals surface area (Å²) in [5.41, 5.74) is 1.80. The lowest BCUT2D eigenvalue weighted by Crippen LogP contribution is -1.93. The zero-order valence-electron chi connectivity index (χ0n) is 8.77. The Morgan fingerprint density at radius 3 is 3.06 bits per heavy atom. The summed E-state index contributed by atoms with van der Waals surface area (Å²) in [5, 5.41) is 5.95. The highest BCUT2D eigenvalue weighted by atomic mass is 35.5. The molecule has 0 radical (unpaired) electrons. The number of ether oxygens (including phenoxy) is 2. The van der Waals surface area contributed by atoms with Gasteiger partial charge >= 0.3 is 0 Å². The molecule has 0 saturated carbocycles. The van der Waals surface area contributed by atoms with E-state index in [9.17, 15) is 0 Å². The average Bonchev–Trinajstić information content (AvgIpc) is 2.96. The Bertz CT molecular complexity index is 544. The van der Waals surface area contributed by atoms with Crippen molar-refractivity contribution in [2.75, 3.05) is 12.1 Å². The van der Waals surface area contributed by atoms with Crippen LogP contribution in [0, 0.1) is 0 Å². The Hall–Kier alpha value is -1.46. The predicted octanol–water partition coefficient (Wildman–Crippen LogP) is 3.35. The van der Waals surface area contributed by atoms with E-state index in [0.29, 0.717) is 5.88 Å². The molecule has 1 aromatic carbocycles. The van der Waals surface area contributed by atoms with Gasteiger partial charge in [-0.15, -0.1) is 22.9 Å². The third-order valence-corrected chi connectivity index (χ3v) is 3.39. The van der Waals surface area contributed by atoms with Crippen molar-refractivity contribution >= 4 is 33.8 Å². The summed E-state index contributed by atoms with van der Waals surface area (Å²) in [7, 11) is 0. The molecule has 1 aliphatic rings. The van der Waals surface area contributed by atoms with Crippen LogP contribution in [0.1, 0.15) is 5.69 Å². The minimum absolute atomic E-state index is 0.284. The normalized spacial score (nSPS) is 12.8. The van der Waals surface area contributed by atoms with Crippen molar-refractivity contribution in [3.8, 4) is 11.5 Å². The molecule has 0 aliphatic carbocycles. The van der Waals surface area contributed by atoms with E-state index in [1.165, 1.54) is 11.3 Å². The largest absolute Gasteiger partial charge is 0.454 e. The van der Waals surface area contributed by atoms with Crippen LogP contribution >= 0.6 is 22.9 Å². The molecule has 4 nitrogen and oxygen atoms in total. The summed E-state index contributed by atoms with van der Waals surface area (Å²) >= 11 is 7.22. The molecule has 0 fully saturated rings. The monoisotopic (exact) mass is 268 g/mol. The number of alkyl halides is 1. The van der Waals surface area contributed by atoms with E-state index in [1.807, 2.05) is 23.6 Å². The SMILES string of the molecule is ClCc1csc(Nc2ccc3c(c2)OCO3)n1. The van der Waals surface area contributed by atoms with E-state index in [0.717, 1.165) is 28.0 Å². The predicted molar refractivity (Wildman–Crippen MR) is 67.5 cm³/mol. The number of benzene rings is 1. The number of fused-ring (bicyclic) bond motifs is 1. The molecular formula is C11H9ClN2O2S. The fraction of sp³-hybridized carbons (Fsp3) is 0.182. The van der Waals surface area contributed by atoms with Crippen LogP contribution in [0.5, 0.6) is 11.5 Å². The number of rotatable bonds is 3. The van der Waals surface area contributed by atoms with Gasteiger partial charge in [-0.3, -0.25) is 0 Å². The molecule has 2 heterocycles. The number of anilines is 2. The van der Waals surface area contributed by atoms with Crippen molar-refractivity contribution in [1.29, 1.82) is 0 Å². The van der Waals surface area contributed by atoms with Gasteiger partial charge in [0, 0.05) is 17.1 Å². The summed E-state index contributed by atoms with van der Waals surface area (Å²) < 4.78 is 10.5. The quantitative estimate of drug-likeness (QED) is 0.867. The molecule has 17 heavy (non-hydrogen) atoms. The first-order chi connectivity index (χ1) is 8.35. The van der Waals surface area contributed by atoms with Crippen LogP contribution in [-0.4, -0.2) is 11.8 Å². The molecule has 0 spiro atoms. The van der Waals surface area contributed by atoms with E-state index >= 15 is 0 Å². The lowest BCUT2D eigenvalue weighted by Gasteiger charge is -2.03. The first-order valence-electron chi connectivity index (χ1n) is 5.02. The molecule has 0 atom stereocenters. The minimum atomic E-state index is 0.284. The summed E-state index contributed by atoms with van der Waals surface area (Å²) in [6.07, 6.45) is 0. The zero-order valence-corrected chi connectivity index (χ0v) is 10.3. The number of nitrogens with zero attached hydrogens (tertiary/aromatic N) is 1. The van der Waals surface area contributed by atoms with Gasteiger partial charge in [0.2, 0.25) is 6.79 Å². The molecule has 0 amide bonds. The van der Waals surface area contributed by atoms with E-state index in [2.05, 4.69) is 10.3 Å². The second kappa shape index (κ2) is 4.43. The number of hydrogen-bond donors (Lipinski definition) is 1. The van der Waals surface area contributed by atoms with Crippen molar-refractivity contribution in [2.24, 2.45) is 0 Å². The van der Waals surface area contributed by atoms with Crippen LogP contribution in [0.15, 0.2) is 23.6 Å². The third-order valence-electron chi connectivity index (χ3n) is 2.31. The number of nitrogens with one attached hydrogen (secondary N) is 1. The average molecular weight is 269 g/mol. The minimum Gasteiger partial charge on any atom is -0.454 e. The third kappa shape index (κ3) is 2.16. The first-order valence-corrected chi connectivity index (χ1v) is 6.43. The summed E-state index contributed by atoms with van der Waals surface area (Å²) in [6.45, 7) is 0.284. The maximum atomic E-state index is 5.70. The lowest BCUT2D eigenvalue weighted by atomic mass is 10.3. The molecule has 1 N–H and O–H groups in total. The van der Waals surface area contributed by atoms with Crippen LogP contribution in [0.25, 0.3) is 0 Å². The number of aromatic nitrogens is 1. The molecule has 1 aliphatic heterocycles. The van der Waals surface area contributed by atoms with E-state index in [4.69, 9.17) is 21.1 Å². The van der Waals surface area contributed by atoms with Gasteiger partial charge in [0.1, 0.15) is 0 Å². The van der Waals surface area contributed by atoms with E-state index in [1.54, 1.807) is 0 Å². The van der Waals surface area contributed by atoms with Gasteiger partial charge < -0.3 is 14.8 Å². The standard InChI is InChI=1S/C11H9ClN2O2S/c12-4-8-5-17-11(14-8)13-7-1-2-9-10(3-7)16-6-15-9/h1-3,5H,4,6H2,(H,13,14). The van der Waals surface area contributed by atoms with Gasteiger partial charge in [0.15, 0.2) is 16.6 Å². The molecule has 1 aromatic heterocycles. The molecule has 0 bridgehead atoms. The highest BCUT2D eigenvalue weighted by Gasteiger charge is 2.13. The van der Waals surface area contributed by atoms with Gasteiger partial charge in [0.25, 0.3) is 0 Å². The first kappa shape index (κ1) is 10.7. The van der Waals surface area contributed by atoms with Crippen LogP contribution in [0.3, 0.4) is 0 Å². The molecule has 2 aromatic rings. The Kier molecular flexibility index (Phi) is 2.78. The summed E-state index contributed by atoms with van der Waals surface area (Å²) in [5.74, 6) is 1.96. The van der Waals surface area contributed by atoms with Crippen LogP contribution in [0.2, 0.25) is 0 Å². The fourth-order valence-electron chi connectivity index (χ4n) is 1.52. The maximum Gasteiger partial charge on any atom is 0.231 e. The number of hydrogen-bond acceptors (Lipinski definition) is 5. The lowest BCUT2D eigenvalue weighted by molar-refractivity contribution is 0.174. The molecule has 3 rings (SSSR count). The van der Waals surface area contributed by atoms with E-state index < -0.39 is 0 Å². The number of thiazole rings is 1. The van der Waals surface area contributed by atoms with Crippen LogP contribution in [0.4, 0.5) is 10.8 Å². The van der Waals surface area contributed by atoms with Crippen molar-refractivity contribution < 1.29 is 9.47 Å². The van der Waals surface area contributed by atoms with Gasteiger partial charge in [0.05, 0.1) is 11.6 Å². The Balaban J connectivity index is 1.80. The Morgan fingerprint density at radius 1 is 1.35 bits per heavy atom.